The molecule has 1 atom stereocenters. The summed E-state index contributed by atoms with van der Waals surface area (Å²) in [5.41, 5.74) is 4.29. The number of carbonyl (C=O) groups is 1. The van der Waals surface area contributed by atoms with Crippen LogP contribution in [-0.4, -0.2) is 21.1 Å². The highest BCUT2D eigenvalue weighted by Gasteiger charge is 2.34. The number of aromatic nitrogens is 2. The molecule has 1 aromatic heterocycles. The number of rotatable bonds is 4. The van der Waals surface area contributed by atoms with Crippen molar-refractivity contribution in [2.45, 2.75) is 20.3 Å². The Morgan fingerprint density at radius 3 is 2.71 bits per heavy atom. The molecule has 0 bridgehead atoms. The molecular weight excluding hydrogens is 240 g/mol. The van der Waals surface area contributed by atoms with Crippen molar-refractivity contribution in [1.82, 2.24) is 10.2 Å². The number of anilines is 1. The number of nitrogens with one attached hydrogen (secondary N) is 2. The average molecular weight is 254 g/mol. The van der Waals surface area contributed by atoms with Crippen LogP contribution < -0.4 is 16.6 Å². The standard InChI is InChI=1S/C10H14N4O2S/c1-3-10(2,8(11)17)9(16)12-6-4-5-7(15)14-13-6/h4-5H,3H2,1-2H3,(H2,11,17)(H,14,15)(H,12,13,16). The Morgan fingerprint density at radius 1 is 1.65 bits per heavy atom. The number of hydrogen-bond donors (Lipinski definition) is 3. The number of aromatic amines is 1. The van der Waals surface area contributed by atoms with Crippen LogP contribution in [0.1, 0.15) is 20.3 Å². The number of thiocarbonyl (C=S) groups is 1. The fourth-order valence-corrected chi connectivity index (χ4v) is 1.35. The minimum absolute atomic E-state index is 0.127. The fourth-order valence-electron chi connectivity index (χ4n) is 1.12. The molecule has 1 rings (SSSR count). The minimum Gasteiger partial charge on any atom is -0.392 e. The first kappa shape index (κ1) is 13.3. The molecule has 0 aliphatic heterocycles. The normalized spacial score (nSPS) is 13.8. The van der Waals surface area contributed by atoms with Gasteiger partial charge in [0.25, 0.3) is 5.56 Å². The van der Waals surface area contributed by atoms with E-state index < -0.39 is 5.41 Å². The molecule has 0 spiro atoms. The Kier molecular flexibility index (Phi) is 3.95. The lowest BCUT2D eigenvalue weighted by Crippen LogP contribution is -2.43. The van der Waals surface area contributed by atoms with Gasteiger partial charge in [-0.25, -0.2) is 5.10 Å². The third-order valence-corrected chi connectivity index (χ3v) is 3.12. The third-order valence-electron chi connectivity index (χ3n) is 2.67. The summed E-state index contributed by atoms with van der Waals surface area (Å²) in [6, 6.07) is 2.68. The van der Waals surface area contributed by atoms with E-state index in [1.165, 1.54) is 12.1 Å². The van der Waals surface area contributed by atoms with Crippen molar-refractivity contribution in [2.75, 3.05) is 5.32 Å². The van der Waals surface area contributed by atoms with Crippen LogP contribution in [0.25, 0.3) is 0 Å². The first-order chi connectivity index (χ1) is 7.90. The number of nitrogens with zero attached hydrogens (tertiary/aromatic N) is 1. The van der Waals surface area contributed by atoms with Crippen LogP contribution >= 0.6 is 12.2 Å². The average Bonchev–Trinajstić information content (AvgIpc) is 2.30. The van der Waals surface area contributed by atoms with Crippen LogP contribution in [0.3, 0.4) is 0 Å². The van der Waals surface area contributed by atoms with Gasteiger partial charge in [-0.2, -0.15) is 5.10 Å². The van der Waals surface area contributed by atoms with Crippen LogP contribution in [0.2, 0.25) is 0 Å². The van der Waals surface area contributed by atoms with Crippen molar-refractivity contribution >= 4 is 28.9 Å². The molecule has 17 heavy (non-hydrogen) atoms. The predicted molar refractivity (Wildman–Crippen MR) is 68.7 cm³/mol. The van der Waals surface area contributed by atoms with Gasteiger partial charge in [0, 0.05) is 6.07 Å². The zero-order valence-electron chi connectivity index (χ0n) is 9.61. The second-order valence-corrected chi connectivity index (χ2v) is 4.25. The van der Waals surface area contributed by atoms with Gasteiger partial charge in [-0.15, -0.1) is 0 Å². The van der Waals surface area contributed by atoms with Crippen LogP contribution in [-0.2, 0) is 4.79 Å². The Bertz CT molecular complexity index is 479. The molecule has 0 aromatic carbocycles. The van der Waals surface area contributed by atoms with Gasteiger partial charge in [-0.3, -0.25) is 9.59 Å². The number of carbonyl (C=O) groups excluding carboxylic acids is 1. The molecular formula is C10H14N4O2S. The molecule has 1 amide bonds. The smallest absolute Gasteiger partial charge is 0.264 e. The quantitative estimate of drug-likeness (QED) is 0.676. The van der Waals surface area contributed by atoms with E-state index in [1.54, 1.807) is 6.92 Å². The maximum absolute atomic E-state index is 12.0. The molecule has 4 N–H and O–H groups in total. The van der Waals surface area contributed by atoms with Crippen molar-refractivity contribution in [3.8, 4) is 0 Å². The zero-order valence-corrected chi connectivity index (χ0v) is 10.4. The summed E-state index contributed by atoms with van der Waals surface area (Å²) in [7, 11) is 0. The molecule has 1 unspecified atom stereocenters. The fraction of sp³-hybridized carbons (Fsp3) is 0.400. The van der Waals surface area contributed by atoms with E-state index in [0.29, 0.717) is 6.42 Å². The first-order valence-electron chi connectivity index (χ1n) is 5.07. The van der Waals surface area contributed by atoms with Crippen molar-refractivity contribution in [3.63, 3.8) is 0 Å². The summed E-state index contributed by atoms with van der Waals surface area (Å²) in [6.07, 6.45) is 0.484. The van der Waals surface area contributed by atoms with E-state index >= 15 is 0 Å². The molecule has 0 aliphatic rings. The third kappa shape index (κ3) is 2.88. The molecule has 0 aliphatic carbocycles. The van der Waals surface area contributed by atoms with E-state index in [-0.39, 0.29) is 22.3 Å². The van der Waals surface area contributed by atoms with Crippen LogP contribution in [0.15, 0.2) is 16.9 Å². The number of hydrogen-bond acceptors (Lipinski definition) is 4. The van der Waals surface area contributed by atoms with Gasteiger partial charge in [0.2, 0.25) is 5.91 Å². The summed E-state index contributed by atoms with van der Waals surface area (Å²) in [5, 5.41) is 8.45. The lowest BCUT2D eigenvalue weighted by Gasteiger charge is -2.24. The van der Waals surface area contributed by atoms with Crippen molar-refractivity contribution < 1.29 is 4.79 Å². The maximum atomic E-state index is 12.0. The Hall–Kier alpha value is -1.76. The van der Waals surface area contributed by atoms with E-state index in [9.17, 15) is 9.59 Å². The maximum Gasteiger partial charge on any atom is 0.264 e. The molecule has 1 heterocycles. The van der Waals surface area contributed by atoms with Crippen molar-refractivity contribution in [2.24, 2.45) is 11.1 Å². The van der Waals surface area contributed by atoms with Gasteiger partial charge in [-0.1, -0.05) is 19.1 Å². The largest absolute Gasteiger partial charge is 0.392 e. The van der Waals surface area contributed by atoms with Gasteiger partial charge in [-0.05, 0) is 19.4 Å². The molecule has 92 valence electrons. The van der Waals surface area contributed by atoms with Crippen LogP contribution in [0.5, 0.6) is 0 Å². The predicted octanol–water partition coefficient (Wildman–Crippen LogP) is 0.411. The Labute approximate surface area is 104 Å². The van der Waals surface area contributed by atoms with Crippen LogP contribution in [0, 0.1) is 5.41 Å². The molecule has 0 radical (unpaired) electrons. The first-order valence-corrected chi connectivity index (χ1v) is 5.48. The Balaban J connectivity index is 2.88. The summed E-state index contributed by atoms with van der Waals surface area (Å²) in [5.74, 6) is -0.0856. The monoisotopic (exact) mass is 254 g/mol. The second-order valence-electron chi connectivity index (χ2n) is 3.81. The Morgan fingerprint density at radius 2 is 2.29 bits per heavy atom. The summed E-state index contributed by atoms with van der Waals surface area (Å²) in [4.78, 5) is 22.9. The highest BCUT2D eigenvalue weighted by atomic mass is 32.1. The van der Waals surface area contributed by atoms with E-state index in [1.807, 2.05) is 6.92 Å². The molecule has 0 fully saturated rings. The van der Waals surface area contributed by atoms with Gasteiger partial charge in [0.15, 0.2) is 5.82 Å². The SMILES string of the molecule is CCC(C)(C(=O)Nc1ccc(=O)[nH]n1)C(N)=S. The molecule has 0 saturated carbocycles. The lowest BCUT2D eigenvalue weighted by atomic mass is 9.86. The molecule has 1 aromatic rings. The topological polar surface area (TPSA) is 101 Å². The highest BCUT2D eigenvalue weighted by Crippen LogP contribution is 2.23. The zero-order chi connectivity index (χ0) is 13.1. The molecule has 0 saturated heterocycles. The number of H-pyrrole nitrogens is 1. The summed E-state index contributed by atoms with van der Waals surface area (Å²) < 4.78 is 0. The lowest BCUT2D eigenvalue weighted by molar-refractivity contribution is -0.121. The minimum atomic E-state index is -0.923. The summed E-state index contributed by atoms with van der Waals surface area (Å²) >= 11 is 4.88. The van der Waals surface area contributed by atoms with E-state index in [2.05, 4.69) is 15.5 Å². The number of nitrogens with two attached hydrogens (primary N) is 1. The van der Waals surface area contributed by atoms with Crippen molar-refractivity contribution in [1.29, 1.82) is 0 Å². The van der Waals surface area contributed by atoms with Crippen molar-refractivity contribution in [3.05, 3.63) is 22.5 Å². The molecule has 6 nitrogen and oxygen atoms in total. The second kappa shape index (κ2) is 5.05. The number of amides is 1. The summed E-state index contributed by atoms with van der Waals surface area (Å²) in [6.45, 7) is 3.48. The highest BCUT2D eigenvalue weighted by molar-refractivity contribution is 7.80. The van der Waals surface area contributed by atoms with Gasteiger partial charge < -0.3 is 11.1 Å². The molecule has 7 heteroatoms. The van der Waals surface area contributed by atoms with E-state index in [0.717, 1.165) is 0 Å². The van der Waals surface area contributed by atoms with Gasteiger partial charge in [0.05, 0.1) is 10.4 Å². The van der Waals surface area contributed by atoms with Gasteiger partial charge in [0.1, 0.15) is 0 Å². The van der Waals surface area contributed by atoms with E-state index in [4.69, 9.17) is 18.0 Å². The van der Waals surface area contributed by atoms with Gasteiger partial charge >= 0.3 is 0 Å². The van der Waals surface area contributed by atoms with Crippen LogP contribution in [0.4, 0.5) is 5.82 Å².